The van der Waals surface area contributed by atoms with Crippen LogP contribution < -0.4 is 10.6 Å². The van der Waals surface area contributed by atoms with Crippen LogP contribution in [0, 0.1) is 5.92 Å². The van der Waals surface area contributed by atoms with Crippen molar-refractivity contribution in [3.05, 3.63) is 0 Å². The van der Waals surface area contributed by atoms with Gasteiger partial charge in [0.1, 0.15) is 11.6 Å². The summed E-state index contributed by atoms with van der Waals surface area (Å²) in [5.74, 6) is -1.24. The van der Waals surface area contributed by atoms with Crippen LogP contribution >= 0.6 is 0 Å². The normalized spacial score (nSPS) is 17.3. The van der Waals surface area contributed by atoms with E-state index in [4.69, 9.17) is 9.84 Å². The number of ether oxygens (including phenoxy) is 1. The largest absolute Gasteiger partial charge is 0.480 e. The fourth-order valence-corrected chi connectivity index (χ4v) is 2.44. The second-order valence-electron chi connectivity index (χ2n) is 7.42. The molecule has 1 atom stereocenters. The average Bonchev–Trinajstić information content (AvgIpc) is 2.42. The van der Waals surface area contributed by atoms with Crippen molar-refractivity contribution >= 4 is 18.1 Å². The van der Waals surface area contributed by atoms with Gasteiger partial charge in [-0.25, -0.2) is 14.4 Å². The molecule has 0 aromatic rings. The number of urea groups is 1. The predicted octanol–water partition coefficient (Wildman–Crippen LogP) is 1.79. The lowest BCUT2D eigenvalue weighted by atomic mass is 10.0. The van der Waals surface area contributed by atoms with Crippen molar-refractivity contribution in [3.63, 3.8) is 0 Å². The summed E-state index contributed by atoms with van der Waals surface area (Å²) in [5.41, 5.74) is -0.548. The predicted molar refractivity (Wildman–Crippen MR) is 88.8 cm³/mol. The number of nitrogens with zero attached hydrogens (tertiary/aromatic N) is 1. The lowest BCUT2D eigenvalue weighted by Crippen LogP contribution is -2.54. The molecule has 0 aromatic carbocycles. The number of amides is 3. The molecule has 0 radical (unpaired) electrons. The Morgan fingerprint density at radius 1 is 1.17 bits per heavy atom. The average molecular weight is 343 g/mol. The summed E-state index contributed by atoms with van der Waals surface area (Å²) >= 11 is 0. The third-order valence-corrected chi connectivity index (χ3v) is 3.71. The first-order valence-corrected chi connectivity index (χ1v) is 8.27. The van der Waals surface area contributed by atoms with Gasteiger partial charge in [0, 0.05) is 19.1 Å². The molecule has 0 unspecified atom stereocenters. The van der Waals surface area contributed by atoms with Crippen molar-refractivity contribution in [1.29, 1.82) is 0 Å². The van der Waals surface area contributed by atoms with Gasteiger partial charge in [-0.05, 0) is 39.5 Å². The Morgan fingerprint density at radius 2 is 1.71 bits per heavy atom. The van der Waals surface area contributed by atoms with Crippen LogP contribution in [0.2, 0.25) is 0 Å². The highest BCUT2D eigenvalue weighted by atomic mass is 16.6. The van der Waals surface area contributed by atoms with Gasteiger partial charge in [-0.1, -0.05) is 13.8 Å². The number of nitrogens with one attached hydrogen (secondary N) is 2. The zero-order valence-corrected chi connectivity index (χ0v) is 15.1. The fourth-order valence-electron chi connectivity index (χ4n) is 2.44. The third kappa shape index (κ3) is 6.64. The molecule has 0 spiro atoms. The van der Waals surface area contributed by atoms with Gasteiger partial charge in [0.15, 0.2) is 0 Å². The number of rotatable bonds is 4. The SMILES string of the molecule is CC(C)[C@H](NC(=O)N1CCC(NC(=O)OC(C)(C)C)CC1)C(=O)O. The molecule has 1 rings (SSSR count). The van der Waals surface area contributed by atoms with E-state index in [0.29, 0.717) is 25.9 Å². The summed E-state index contributed by atoms with van der Waals surface area (Å²) in [6.45, 7) is 9.80. The van der Waals surface area contributed by atoms with Crippen molar-refractivity contribution in [3.8, 4) is 0 Å². The molecule has 138 valence electrons. The number of carboxylic acid groups (broad SMARTS) is 1. The fraction of sp³-hybridized carbons (Fsp3) is 0.812. The molecule has 0 aliphatic carbocycles. The Morgan fingerprint density at radius 3 is 2.12 bits per heavy atom. The van der Waals surface area contributed by atoms with Gasteiger partial charge in [0.05, 0.1) is 0 Å². The number of hydrogen-bond donors (Lipinski definition) is 3. The number of likely N-dealkylation sites (tertiary alicyclic amines) is 1. The summed E-state index contributed by atoms with van der Waals surface area (Å²) in [6, 6.07) is -1.34. The molecule has 1 aliphatic heterocycles. The zero-order valence-electron chi connectivity index (χ0n) is 15.1. The van der Waals surface area contributed by atoms with E-state index in [-0.39, 0.29) is 18.0 Å². The smallest absolute Gasteiger partial charge is 0.407 e. The van der Waals surface area contributed by atoms with E-state index in [1.807, 2.05) is 0 Å². The number of carboxylic acids is 1. The van der Waals surface area contributed by atoms with Crippen molar-refractivity contribution in [2.24, 2.45) is 5.92 Å². The quantitative estimate of drug-likeness (QED) is 0.721. The first-order chi connectivity index (χ1) is 11.0. The number of carbonyl (C=O) groups is 3. The van der Waals surface area contributed by atoms with Gasteiger partial charge in [0.25, 0.3) is 0 Å². The maximum absolute atomic E-state index is 12.2. The minimum absolute atomic E-state index is 0.0516. The number of carbonyl (C=O) groups excluding carboxylic acids is 2. The van der Waals surface area contributed by atoms with Gasteiger partial charge < -0.3 is 25.4 Å². The van der Waals surface area contributed by atoms with Gasteiger partial charge in [-0.15, -0.1) is 0 Å². The van der Waals surface area contributed by atoms with Gasteiger partial charge in [0.2, 0.25) is 0 Å². The summed E-state index contributed by atoms with van der Waals surface area (Å²) in [5, 5.41) is 14.5. The van der Waals surface area contributed by atoms with Crippen molar-refractivity contribution in [2.75, 3.05) is 13.1 Å². The van der Waals surface area contributed by atoms with Gasteiger partial charge in [-0.3, -0.25) is 0 Å². The molecule has 1 aliphatic rings. The maximum atomic E-state index is 12.2. The second-order valence-corrected chi connectivity index (χ2v) is 7.42. The monoisotopic (exact) mass is 343 g/mol. The zero-order chi connectivity index (χ0) is 18.5. The van der Waals surface area contributed by atoms with Crippen molar-refractivity contribution in [1.82, 2.24) is 15.5 Å². The van der Waals surface area contributed by atoms with Crippen LogP contribution in [-0.4, -0.2) is 58.9 Å². The molecule has 24 heavy (non-hydrogen) atoms. The van der Waals surface area contributed by atoms with E-state index >= 15 is 0 Å². The van der Waals surface area contributed by atoms with E-state index in [1.165, 1.54) is 0 Å². The van der Waals surface area contributed by atoms with E-state index in [0.717, 1.165) is 0 Å². The van der Waals surface area contributed by atoms with Crippen LogP contribution in [0.15, 0.2) is 0 Å². The summed E-state index contributed by atoms with van der Waals surface area (Å²) in [6.07, 6.45) is 0.745. The molecule has 0 aromatic heterocycles. The first-order valence-electron chi connectivity index (χ1n) is 8.27. The lowest BCUT2D eigenvalue weighted by molar-refractivity contribution is -0.140. The molecule has 1 heterocycles. The summed E-state index contributed by atoms with van der Waals surface area (Å²) < 4.78 is 5.21. The molecule has 8 heteroatoms. The molecule has 0 bridgehead atoms. The van der Waals surface area contributed by atoms with Crippen LogP contribution in [0.5, 0.6) is 0 Å². The number of alkyl carbamates (subject to hydrolysis) is 1. The van der Waals surface area contributed by atoms with Gasteiger partial charge in [-0.2, -0.15) is 0 Å². The Bertz CT molecular complexity index is 465. The van der Waals surface area contributed by atoms with Gasteiger partial charge >= 0.3 is 18.1 Å². The maximum Gasteiger partial charge on any atom is 0.407 e. The first kappa shape index (κ1) is 20.1. The van der Waals surface area contributed by atoms with Crippen LogP contribution in [0.4, 0.5) is 9.59 Å². The van der Waals surface area contributed by atoms with E-state index in [9.17, 15) is 14.4 Å². The van der Waals surface area contributed by atoms with Crippen molar-refractivity contribution < 1.29 is 24.2 Å². The van der Waals surface area contributed by atoms with Crippen molar-refractivity contribution in [2.45, 2.75) is 65.1 Å². The Labute approximate surface area is 142 Å². The molecule has 3 amide bonds. The standard InChI is InChI=1S/C16H29N3O5/c1-10(2)12(13(20)21)18-14(22)19-8-6-11(7-9-19)17-15(23)24-16(3,4)5/h10-12H,6-9H2,1-5H3,(H,17,23)(H,18,22)(H,20,21)/t12-/m0/s1. The third-order valence-electron chi connectivity index (χ3n) is 3.71. The molecular weight excluding hydrogens is 314 g/mol. The van der Waals surface area contributed by atoms with Crippen LogP contribution in [0.25, 0.3) is 0 Å². The van der Waals surface area contributed by atoms with E-state index in [1.54, 1.807) is 39.5 Å². The highest BCUT2D eigenvalue weighted by Gasteiger charge is 2.29. The number of piperidine rings is 1. The lowest BCUT2D eigenvalue weighted by Gasteiger charge is -2.33. The molecular formula is C16H29N3O5. The minimum Gasteiger partial charge on any atom is -0.480 e. The highest BCUT2D eigenvalue weighted by Crippen LogP contribution is 2.13. The Balaban J connectivity index is 2.43. The molecule has 1 saturated heterocycles. The number of aliphatic carboxylic acids is 1. The molecule has 3 N–H and O–H groups in total. The van der Waals surface area contributed by atoms with Crippen LogP contribution in [-0.2, 0) is 9.53 Å². The molecule has 0 saturated carbocycles. The Hall–Kier alpha value is -1.99. The summed E-state index contributed by atoms with van der Waals surface area (Å²) in [7, 11) is 0. The topological polar surface area (TPSA) is 108 Å². The van der Waals surface area contributed by atoms with E-state index in [2.05, 4.69) is 10.6 Å². The second kappa shape index (κ2) is 8.21. The summed E-state index contributed by atoms with van der Waals surface area (Å²) in [4.78, 5) is 36.6. The van der Waals surface area contributed by atoms with Crippen LogP contribution in [0.1, 0.15) is 47.5 Å². The minimum atomic E-state index is -1.04. The Kier molecular flexibility index (Phi) is 6.86. The van der Waals surface area contributed by atoms with E-state index < -0.39 is 23.7 Å². The molecule has 1 fully saturated rings. The molecule has 8 nitrogen and oxygen atoms in total. The number of hydrogen-bond acceptors (Lipinski definition) is 4. The van der Waals surface area contributed by atoms with Crippen LogP contribution in [0.3, 0.4) is 0 Å². The highest BCUT2D eigenvalue weighted by molar-refractivity contribution is 5.82.